The summed E-state index contributed by atoms with van der Waals surface area (Å²) in [4.78, 5) is 0. The largest absolute Gasteiger partial charge is 0.332 e. The van der Waals surface area contributed by atoms with Crippen molar-refractivity contribution < 1.29 is 8.78 Å². The smallest absolute Gasteiger partial charge is 0.175 e. The number of halogens is 3. The van der Waals surface area contributed by atoms with Crippen LogP contribution in [0.15, 0.2) is 40.9 Å². The van der Waals surface area contributed by atoms with E-state index in [4.69, 9.17) is 12.2 Å². The van der Waals surface area contributed by atoms with Gasteiger partial charge in [-0.1, -0.05) is 12.1 Å². The van der Waals surface area contributed by atoms with Crippen molar-refractivity contribution in [3.05, 3.63) is 58.1 Å². The van der Waals surface area contributed by atoms with Crippen LogP contribution in [0.2, 0.25) is 0 Å². The van der Waals surface area contributed by atoms with Gasteiger partial charge in [0.1, 0.15) is 5.82 Å². The highest BCUT2D eigenvalue weighted by atomic mass is 79.9. The van der Waals surface area contributed by atoms with Crippen molar-refractivity contribution in [1.29, 1.82) is 0 Å². The lowest BCUT2D eigenvalue weighted by Gasteiger charge is -2.13. The van der Waals surface area contributed by atoms with Crippen LogP contribution in [-0.2, 0) is 0 Å². The quantitative estimate of drug-likeness (QED) is 0.752. The van der Waals surface area contributed by atoms with Crippen molar-refractivity contribution in [2.75, 3.05) is 10.6 Å². The maximum Gasteiger partial charge on any atom is 0.175 e. The maximum atomic E-state index is 13.7. The molecule has 0 aliphatic heterocycles. The molecular formula is C14H11BrF2N2S. The molecule has 0 amide bonds. The topological polar surface area (TPSA) is 24.1 Å². The molecule has 0 atom stereocenters. The van der Waals surface area contributed by atoms with Gasteiger partial charge in [0, 0.05) is 16.2 Å². The first-order valence-electron chi connectivity index (χ1n) is 5.75. The molecule has 0 heterocycles. The van der Waals surface area contributed by atoms with E-state index in [9.17, 15) is 8.78 Å². The zero-order chi connectivity index (χ0) is 14.7. The minimum atomic E-state index is -0.717. The van der Waals surface area contributed by atoms with E-state index >= 15 is 0 Å². The fourth-order valence-electron chi connectivity index (χ4n) is 1.66. The Hall–Kier alpha value is -1.53. The number of hydrogen-bond acceptors (Lipinski definition) is 1. The third-order valence-electron chi connectivity index (χ3n) is 2.52. The molecule has 0 saturated heterocycles. The van der Waals surface area contributed by atoms with Gasteiger partial charge in [0.25, 0.3) is 0 Å². The molecule has 2 aromatic carbocycles. The van der Waals surface area contributed by atoms with Crippen molar-refractivity contribution in [2.24, 2.45) is 0 Å². The lowest BCUT2D eigenvalue weighted by atomic mass is 10.2. The minimum absolute atomic E-state index is 0.0940. The van der Waals surface area contributed by atoms with Gasteiger partial charge in [-0.05, 0) is 58.8 Å². The Balaban J connectivity index is 2.13. The molecule has 2 N–H and O–H groups in total. The third kappa shape index (κ3) is 3.74. The first-order valence-corrected chi connectivity index (χ1v) is 6.95. The van der Waals surface area contributed by atoms with E-state index in [0.29, 0.717) is 0 Å². The molecule has 20 heavy (non-hydrogen) atoms. The highest BCUT2D eigenvalue weighted by Gasteiger charge is 2.11. The van der Waals surface area contributed by atoms with E-state index in [1.165, 1.54) is 6.07 Å². The van der Waals surface area contributed by atoms with Gasteiger partial charge in [-0.25, -0.2) is 8.78 Å². The number of benzene rings is 2. The monoisotopic (exact) mass is 356 g/mol. The molecule has 104 valence electrons. The van der Waals surface area contributed by atoms with Crippen LogP contribution >= 0.6 is 28.1 Å². The standard InChI is InChI=1S/C14H11BrF2N2S/c1-8-3-2-4-10(5-8)18-14(20)19-13-11(15)6-9(16)7-12(13)17/h2-7H,1H3,(H2,18,19,20). The second-order valence-corrected chi connectivity index (χ2v) is 5.46. The summed E-state index contributed by atoms with van der Waals surface area (Å²) >= 11 is 8.20. The van der Waals surface area contributed by atoms with Crippen LogP contribution in [0.25, 0.3) is 0 Å². The molecule has 6 heteroatoms. The minimum Gasteiger partial charge on any atom is -0.332 e. The molecule has 0 unspecified atom stereocenters. The van der Waals surface area contributed by atoms with E-state index < -0.39 is 11.6 Å². The number of aryl methyl sites for hydroxylation is 1. The van der Waals surface area contributed by atoms with Crippen LogP contribution in [0.5, 0.6) is 0 Å². The second kappa shape index (κ2) is 6.28. The van der Waals surface area contributed by atoms with E-state index in [1.54, 1.807) is 0 Å². The van der Waals surface area contributed by atoms with Gasteiger partial charge >= 0.3 is 0 Å². The molecule has 0 bridgehead atoms. The van der Waals surface area contributed by atoms with Crippen molar-refractivity contribution >= 4 is 44.6 Å². The normalized spacial score (nSPS) is 10.2. The van der Waals surface area contributed by atoms with Gasteiger partial charge < -0.3 is 10.6 Å². The van der Waals surface area contributed by atoms with E-state index in [1.807, 2.05) is 31.2 Å². The molecule has 2 aromatic rings. The highest BCUT2D eigenvalue weighted by Crippen LogP contribution is 2.27. The molecular weight excluding hydrogens is 346 g/mol. The summed E-state index contributed by atoms with van der Waals surface area (Å²) in [6.45, 7) is 1.96. The Morgan fingerprint density at radius 3 is 2.55 bits per heavy atom. The molecule has 0 radical (unpaired) electrons. The summed E-state index contributed by atoms with van der Waals surface area (Å²) < 4.78 is 26.9. The predicted molar refractivity (Wildman–Crippen MR) is 85.1 cm³/mol. The van der Waals surface area contributed by atoms with Crippen LogP contribution in [0.4, 0.5) is 20.2 Å². The second-order valence-electron chi connectivity index (χ2n) is 4.19. The Morgan fingerprint density at radius 1 is 1.15 bits per heavy atom. The van der Waals surface area contributed by atoms with Gasteiger partial charge in [0.2, 0.25) is 0 Å². The van der Waals surface area contributed by atoms with Crippen LogP contribution < -0.4 is 10.6 Å². The number of anilines is 2. The van der Waals surface area contributed by atoms with Gasteiger partial charge in [0.05, 0.1) is 5.69 Å². The summed E-state index contributed by atoms with van der Waals surface area (Å²) in [5.74, 6) is -1.37. The Kier molecular flexibility index (Phi) is 4.67. The summed E-state index contributed by atoms with van der Waals surface area (Å²) in [7, 11) is 0. The van der Waals surface area contributed by atoms with Crippen LogP contribution in [0.3, 0.4) is 0 Å². The first-order chi connectivity index (χ1) is 9.45. The van der Waals surface area contributed by atoms with E-state index in [-0.39, 0.29) is 15.3 Å². The molecule has 2 nitrogen and oxygen atoms in total. The van der Waals surface area contributed by atoms with Crippen LogP contribution in [0.1, 0.15) is 5.56 Å². The molecule has 0 aliphatic rings. The Bertz CT molecular complexity index is 638. The van der Waals surface area contributed by atoms with Gasteiger partial charge in [-0.15, -0.1) is 0 Å². The molecule has 0 aliphatic carbocycles. The van der Waals surface area contributed by atoms with Crippen LogP contribution in [0, 0.1) is 18.6 Å². The summed E-state index contributed by atoms with van der Waals surface area (Å²) in [5.41, 5.74) is 1.96. The summed E-state index contributed by atoms with van der Waals surface area (Å²) in [5, 5.41) is 5.87. The number of hydrogen-bond donors (Lipinski definition) is 2. The first kappa shape index (κ1) is 14.9. The van der Waals surface area contributed by atoms with Gasteiger partial charge in [-0.3, -0.25) is 0 Å². The molecule has 0 aromatic heterocycles. The van der Waals surface area contributed by atoms with E-state index in [0.717, 1.165) is 17.3 Å². The fraction of sp³-hybridized carbons (Fsp3) is 0.0714. The Labute approximate surface area is 129 Å². The maximum absolute atomic E-state index is 13.7. The van der Waals surface area contributed by atoms with Crippen LogP contribution in [-0.4, -0.2) is 5.11 Å². The third-order valence-corrected chi connectivity index (χ3v) is 3.35. The molecule has 2 rings (SSSR count). The zero-order valence-corrected chi connectivity index (χ0v) is 12.9. The predicted octanol–water partition coefficient (Wildman–Crippen LogP) is 4.84. The lowest BCUT2D eigenvalue weighted by molar-refractivity contribution is 0.585. The average molecular weight is 357 g/mol. The fourth-order valence-corrected chi connectivity index (χ4v) is 2.39. The molecule has 0 fully saturated rings. The molecule has 0 saturated carbocycles. The number of thiocarbonyl (C=S) groups is 1. The number of rotatable bonds is 2. The van der Waals surface area contributed by atoms with E-state index in [2.05, 4.69) is 26.6 Å². The molecule has 0 spiro atoms. The lowest BCUT2D eigenvalue weighted by Crippen LogP contribution is -2.20. The average Bonchev–Trinajstić information content (AvgIpc) is 2.33. The van der Waals surface area contributed by atoms with Gasteiger partial charge in [-0.2, -0.15) is 0 Å². The summed E-state index contributed by atoms with van der Waals surface area (Å²) in [6, 6.07) is 9.55. The Morgan fingerprint density at radius 2 is 1.90 bits per heavy atom. The summed E-state index contributed by atoms with van der Waals surface area (Å²) in [6.07, 6.45) is 0. The highest BCUT2D eigenvalue weighted by molar-refractivity contribution is 9.10. The zero-order valence-electron chi connectivity index (χ0n) is 10.5. The number of nitrogens with one attached hydrogen (secondary N) is 2. The van der Waals surface area contributed by atoms with Crippen molar-refractivity contribution in [1.82, 2.24) is 0 Å². The van der Waals surface area contributed by atoms with Crippen molar-refractivity contribution in [3.8, 4) is 0 Å². The SMILES string of the molecule is Cc1cccc(NC(=S)Nc2c(F)cc(F)cc2Br)c1. The van der Waals surface area contributed by atoms with Gasteiger partial charge in [0.15, 0.2) is 10.9 Å². The van der Waals surface area contributed by atoms with Crippen molar-refractivity contribution in [2.45, 2.75) is 6.92 Å². The van der Waals surface area contributed by atoms with Crippen molar-refractivity contribution in [3.63, 3.8) is 0 Å².